The van der Waals surface area contributed by atoms with Crippen LogP contribution in [-0.2, 0) is 6.42 Å². The lowest BCUT2D eigenvalue weighted by Crippen LogP contribution is -2.00. The normalized spacial score (nSPS) is 9.89. The monoisotopic (exact) mass is 140 g/mol. The second-order valence-electron chi connectivity index (χ2n) is 1.87. The summed E-state index contributed by atoms with van der Waals surface area (Å²) in [5, 5.41) is 6.12. The van der Waals surface area contributed by atoms with Crippen molar-refractivity contribution in [3.8, 4) is 0 Å². The van der Waals surface area contributed by atoms with Gasteiger partial charge < -0.3 is 0 Å². The van der Waals surface area contributed by atoms with Crippen LogP contribution in [0.4, 0.5) is 0 Å². The summed E-state index contributed by atoms with van der Waals surface area (Å²) in [7, 11) is 1.85. The maximum absolute atomic E-state index is 4.02. The van der Waals surface area contributed by atoms with Crippen LogP contribution in [0.25, 0.3) is 0 Å². The van der Waals surface area contributed by atoms with Crippen molar-refractivity contribution in [1.29, 1.82) is 0 Å². The van der Waals surface area contributed by atoms with Gasteiger partial charge in [0.05, 0.1) is 0 Å². The molecular formula is C7H10NS. The first kappa shape index (κ1) is 6.78. The van der Waals surface area contributed by atoms with Gasteiger partial charge in [0.15, 0.2) is 0 Å². The Morgan fingerprint density at radius 2 is 2.56 bits per heavy atom. The number of likely N-dealkylation sites (N-methyl/N-ethyl adjacent to an activating group) is 1. The highest BCUT2D eigenvalue weighted by Crippen LogP contribution is 2.07. The molecule has 1 nitrogen and oxygen atoms in total. The lowest BCUT2D eigenvalue weighted by Gasteiger charge is -1.91. The van der Waals surface area contributed by atoms with Gasteiger partial charge in [-0.3, -0.25) is 0 Å². The number of rotatable bonds is 3. The van der Waals surface area contributed by atoms with E-state index in [2.05, 4.69) is 22.8 Å². The number of nitrogens with zero attached hydrogens (tertiary/aromatic N) is 1. The Morgan fingerprint density at radius 1 is 1.67 bits per heavy atom. The van der Waals surface area contributed by atoms with Crippen molar-refractivity contribution in [2.75, 3.05) is 13.6 Å². The van der Waals surface area contributed by atoms with E-state index in [1.165, 1.54) is 4.88 Å². The summed E-state index contributed by atoms with van der Waals surface area (Å²) < 4.78 is 0. The van der Waals surface area contributed by atoms with E-state index in [1.807, 2.05) is 7.05 Å². The summed E-state index contributed by atoms with van der Waals surface area (Å²) >= 11 is 1.80. The fourth-order valence-corrected chi connectivity index (χ4v) is 1.38. The second-order valence-corrected chi connectivity index (χ2v) is 2.90. The van der Waals surface area contributed by atoms with E-state index >= 15 is 0 Å². The Hall–Kier alpha value is -0.340. The molecule has 0 spiro atoms. The van der Waals surface area contributed by atoms with Gasteiger partial charge in [-0.1, -0.05) is 6.07 Å². The summed E-state index contributed by atoms with van der Waals surface area (Å²) in [5.74, 6) is 0. The molecule has 0 aliphatic heterocycles. The minimum Gasteiger partial charge on any atom is -0.245 e. The quantitative estimate of drug-likeness (QED) is 0.604. The van der Waals surface area contributed by atoms with Crippen LogP contribution in [0.1, 0.15) is 4.88 Å². The number of hydrogen-bond donors (Lipinski definition) is 0. The van der Waals surface area contributed by atoms with E-state index in [0.717, 1.165) is 13.0 Å². The lowest BCUT2D eigenvalue weighted by atomic mass is 10.3. The van der Waals surface area contributed by atoms with Crippen LogP contribution in [0, 0.1) is 0 Å². The van der Waals surface area contributed by atoms with Crippen LogP contribution >= 0.6 is 11.3 Å². The fourth-order valence-electron chi connectivity index (χ4n) is 0.677. The van der Waals surface area contributed by atoms with E-state index in [9.17, 15) is 0 Å². The Bertz CT molecular complexity index is 146. The van der Waals surface area contributed by atoms with Gasteiger partial charge in [0.25, 0.3) is 0 Å². The highest BCUT2D eigenvalue weighted by atomic mass is 32.1. The summed E-state index contributed by atoms with van der Waals surface area (Å²) in [6.45, 7) is 0.959. The van der Waals surface area contributed by atoms with Gasteiger partial charge in [0.2, 0.25) is 0 Å². The molecule has 0 fully saturated rings. The molecule has 1 rings (SSSR count). The minimum atomic E-state index is 0.959. The lowest BCUT2D eigenvalue weighted by molar-refractivity contribution is 0.784. The smallest absolute Gasteiger partial charge is 0.0178 e. The molecule has 9 heavy (non-hydrogen) atoms. The summed E-state index contributed by atoms with van der Waals surface area (Å²) in [6.07, 6.45) is 1.11. The maximum Gasteiger partial charge on any atom is 0.0178 e. The zero-order chi connectivity index (χ0) is 6.53. The summed E-state index contributed by atoms with van der Waals surface area (Å²) in [5.41, 5.74) is 0. The second kappa shape index (κ2) is 3.64. The molecule has 0 saturated carbocycles. The Balaban J connectivity index is 2.30. The predicted molar refractivity (Wildman–Crippen MR) is 40.9 cm³/mol. The Labute approximate surface area is 59.7 Å². The van der Waals surface area contributed by atoms with E-state index in [0.29, 0.717) is 0 Å². The van der Waals surface area contributed by atoms with Crippen molar-refractivity contribution >= 4 is 11.3 Å². The minimum absolute atomic E-state index is 0.959. The average Bonchev–Trinajstić information content (AvgIpc) is 2.34. The van der Waals surface area contributed by atoms with E-state index in [4.69, 9.17) is 0 Å². The zero-order valence-electron chi connectivity index (χ0n) is 5.50. The van der Waals surface area contributed by atoms with Crippen molar-refractivity contribution in [1.82, 2.24) is 5.32 Å². The molecule has 0 amide bonds. The van der Waals surface area contributed by atoms with E-state index < -0.39 is 0 Å². The molecule has 0 unspecified atom stereocenters. The highest BCUT2D eigenvalue weighted by Gasteiger charge is 1.89. The number of thiophene rings is 1. The topological polar surface area (TPSA) is 14.1 Å². The molecular weight excluding hydrogens is 130 g/mol. The van der Waals surface area contributed by atoms with Crippen molar-refractivity contribution < 1.29 is 0 Å². The highest BCUT2D eigenvalue weighted by molar-refractivity contribution is 7.09. The van der Waals surface area contributed by atoms with E-state index in [-0.39, 0.29) is 0 Å². The molecule has 1 aromatic heterocycles. The first-order valence-electron chi connectivity index (χ1n) is 3.01. The third-order valence-electron chi connectivity index (χ3n) is 1.16. The first-order chi connectivity index (χ1) is 4.43. The van der Waals surface area contributed by atoms with Crippen LogP contribution < -0.4 is 5.32 Å². The average molecular weight is 140 g/mol. The van der Waals surface area contributed by atoms with Crippen LogP contribution in [0.3, 0.4) is 0 Å². The molecule has 0 aromatic carbocycles. The van der Waals surface area contributed by atoms with Crippen LogP contribution in [-0.4, -0.2) is 13.6 Å². The maximum atomic E-state index is 4.02. The molecule has 0 N–H and O–H groups in total. The van der Waals surface area contributed by atoms with Crippen molar-refractivity contribution in [2.45, 2.75) is 6.42 Å². The molecule has 0 atom stereocenters. The Kier molecular flexibility index (Phi) is 2.74. The molecule has 0 aliphatic rings. The molecule has 1 heterocycles. The molecule has 2 heteroatoms. The molecule has 0 aliphatic carbocycles. The summed E-state index contributed by atoms with van der Waals surface area (Å²) in [6, 6.07) is 4.23. The SMILES string of the molecule is C[N]CCc1cccs1. The molecule has 1 radical (unpaired) electrons. The molecule has 0 bridgehead atoms. The van der Waals surface area contributed by atoms with Gasteiger partial charge in [-0.15, -0.1) is 11.3 Å². The van der Waals surface area contributed by atoms with Crippen molar-refractivity contribution in [3.05, 3.63) is 22.4 Å². The third kappa shape index (κ3) is 2.16. The van der Waals surface area contributed by atoms with E-state index in [1.54, 1.807) is 11.3 Å². The van der Waals surface area contributed by atoms with Crippen LogP contribution in [0.2, 0.25) is 0 Å². The molecule has 0 saturated heterocycles. The van der Waals surface area contributed by atoms with Crippen LogP contribution in [0.15, 0.2) is 17.5 Å². The molecule has 49 valence electrons. The fraction of sp³-hybridized carbons (Fsp3) is 0.429. The van der Waals surface area contributed by atoms with Gasteiger partial charge in [-0.25, -0.2) is 5.32 Å². The van der Waals surface area contributed by atoms with Crippen LogP contribution in [0.5, 0.6) is 0 Å². The largest absolute Gasteiger partial charge is 0.245 e. The van der Waals surface area contributed by atoms with Gasteiger partial charge >= 0.3 is 0 Å². The zero-order valence-corrected chi connectivity index (χ0v) is 6.32. The first-order valence-corrected chi connectivity index (χ1v) is 3.89. The predicted octanol–water partition coefficient (Wildman–Crippen LogP) is 1.52. The van der Waals surface area contributed by atoms with Gasteiger partial charge in [0.1, 0.15) is 0 Å². The molecule has 1 aromatic rings. The number of hydrogen-bond acceptors (Lipinski definition) is 1. The van der Waals surface area contributed by atoms with Crippen molar-refractivity contribution in [2.24, 2.45) is 0 Å². The summed E-state index contributed by atoms with van der Waals surface area (Å²) in [4.78, 5) is 1.43. The van der Waals surface area contributed by atoms with Gasteiger partial charge in [-0.2, -0.15) is 0 Å². The van der Waals surface area contributed by atoms with Gasteiger partial charge in [-0.05, 0) is 17.9 Å². The van der Waals surface area contributed by atoms with Crippen molar-refractivity contribution in [3.63, 3.8) is 0 Å². The Morgan fingerprint density at radius 3 is 3.11 bits per heavy atom. The standard InChI is InChI=1S/C7H10NS/c1-8-5-4-7-3-2-6-9-7/h2-3,6H,4-5H2,1H3. The van der Waals surface area contributed by atoms with Gasteiger partial charge in [0, 0.05) is 18.5 Å². The third-order valence-corrected chi connectivity index (χ3v) is 2.10.